The fraction of sp³-hybridized carbons (Fsp3) is 0.263. The van der Waals surface area contributed by atoms with Crippen molar-refractivity contribution in [2.24, 2.45) is 0 Å². The number of methoxy groups -OCH3 is 1. The first kappa shape index (κ1) is 19.1. The maximum absolute atomic E-state index is 11.9. The van der Waals surface area contributed by atoms with Crippen molar-refractivity contribution in [2.75, 3.05) is 32.2 Å². The van der Waals surface area contributed by atoms with E-state index < -0.39 is 0 Å². The number of amides is 2. The van der Waals surface area contributed by atoms with E-state index in [1.165, 1.54) is 0 Å². The summed E-state index contributed by atoms with van der Waals surface area (Å²) in [5.41, 5.74) is 0.627. The lowest BCUT2D eigenvalue weighted by molar-refractivity contribution is -0.125. The maximum atomic E-state index is 11.9. The van der Waals surface area contributed by atoms with Crippen LogP contribution in [0.1, 0.15) is 6.92 Å². The zero-order valence-corrected chi connectivity index (χ0v) is 14.8. The normalized spacial score (nSPS) is 9.92. The molecule has 2 N–H and O–H groups in total. The first-order valence-corrected chi connectivity index (χ1v) is 8.17. The lowest BCUT2D eigenvalue weighted by Crippen LogP contribution is -2.35. The van der Waals surface area contributed by atoms with Gasteiger partial charge in [-0.15, -0.1) is 0 Å². The smallest absolute Gasteiger partial charge is 0.258 e. The van der Waals surface area contributed by atoms with E-state index in [0.29, 0.717) is 23.8 Å². The van der Waals surface area contributed by atoms with Gasteiger partial charge in [0, 0.05) is 5.69 Å². The highest BCUT2D eigenvalue weighted by atomic mass is 16.5. The molecule has 0 saturated carbocycles. The molecule has 2 amide bonds. The highest BCUT2D eigenvalue weighted by Gasteiger charge is 2.07. The number of carbonyl (C=O) groups excluding carboxylic acids is 2. The summed E-state index contributed by atoms with van der Waals surface area (Å²) in [4.78, 5) is 23.6. The lowest BCUT2D eigenvalue weighted by Gasteiger charge is -2.09. The molecule has 0 saturated heterocycles. The van der Waals surface area contributed by atoms with E-state index >= 15 is 0 Å². The fourth-order valence-electron chi connectivity index (χ4n) is 2.06. The Hall–Kier alpha value is -3.22. The van der Waals surface area contributed by atoms with Crippen LogP contribution in [0.3, 0.4) is 0 Å². The minimum atomic E-state index is -0.386. The summed E-state index contributed by atoms with van der Waals surface area (Å²) in [5.74, 6) is 1.26. The molecule has 2 rings (SSSR count). The second kappa shape index (κ2) is 9.93. The molecule has 138 valence electrons. The molecule has 0 radical (unpaired) electrons. The molecule has 0 fully saturated rings. The molecule has 0 aromatic heterocycles. The Morgan fingerprint density at radius 2 is 1.42 bits per heavy atom. The molecule has 7 nitrogen and oxygen atoms in total. The van der Waals surface area contributed by atoms with Crippen molar-refractivity contribution >= 4 is 17.5 Å². The predicted molar refractivity (Wildman–Crippen MR) is 97.7 cm³/mol. The van der Waals surface area contributed by atoms with Crippen LogP contribution in [0.2, 0.25) is 0 Å². The average molecular weight is 358 g/mol. The van der Waals surface area contributed by atoms with E-state index in [0.717, 1.165) is 5.75 Å². The number of anilines is 1. The summed E-state index contributed by atoms with van der Waals surface area (Å²) in [7, 11) is 1.57. The molecule has 0 atom stereocenters. The third kappa shape index (κ3) is 6.35. The number of carbonyl (C=O) groups is 2. The Balaban J connectivity index is 1.69. The largest absolute Gasteiger partial charge is 0.497 e. The highest BCUT2D eigenvalue weighted by Crippen LogP contribution is 2.17. The van der Waals surface area contributed by atoms with Crippen molar-refractivity contribution in [2.45, 2.75) is 6.92 Å². The Kier molecular flexibility index (Phi) is 7.30. The standard InChI is InChI=1S/C19H22N2O5/c1-3-25-16-6-4-14(5-7-16)21-18(22)12-20-19(23)13-26-17-10-8-15(24-2)9-11-17/h4-11H,3,12-13H2,1-2H3,(H,20,23)(H,21,22). The van der Waals surface area contributed by atoms with E-state index in [-0.39, 0.29) is 25.0 Å². The van der Waals surface area contributed by atoms with Gasteiger partial charge in [-0.3, -0.25) is 9.59 Å². The van der Waals surface area contributed by atoms with Crippen molar-refractivity contribution in [3.63, 3.8) is 0 Å². The molecule has 0 spiro atoms. The summed E-state index contributed by atoms with van der Waals surface area (Å²) in [5, 5.41) is 5.19. The minimum absolute atomic E-state index is 0.141. The first-order valence-electron chi connectivity index (χ1n) is 8.17. The third-order valence-corrected chi connectivity index (χ3v) is 3.32. The maximum Gasteiger partial charge on any atom is 0.258 e. The zero-order chi connectivity index (χ0) is 18.8. The van der Waals surface area contributed by atoms with Gasteiger partial charge < -0.3 is 24.8 Å². The molecular weight excluding hydrogens is 336 g/mol. The quantitative estimate of drug-likeness (QED) is 0.718. The number of nitrogens with one attached hydrogen (secondary N) is 2. The highest BCUT2D eigenvalue weighted by molar-refractivity contribution is 5.94. The molecule has 26 heavy (non-hydrogen) atoms. The minimum Gasteiger partial charge on any atom is -0.497 e. The Labute approximate surface area is 152 Å². The summed E-state index contributed by atoms with van der Waals surface area (Å²) in [6, 6.07) is 13.9. The van der Waals surface area contributed by atoms with Gasteiger partial charge in [0.25, 0.3) is 5.91 Å². The van der Waals surface area contributed by atoms with Gasteiger partial charge in [-0.2, -0.15) is 0 Å². The first-order chi connectivity index (χ1) is 12.6. The van der Waals surface area contributed by atoms with E-state index in [1.807, 2.05) is 6.92 Å². The van der Waals surface area contributed by atoms with Crippen LogP contribution in [0.4, 0.5) is 5.69 Å². The molecule has 0 aliphatic carbocycles. The van der Waals surface area contributed by atoms with Gasteiger partial charge in [-0.05, 0) is 55.5 Å². The van der Waals surface area contributed by atoms with Crippen molar-refractivity contribution in [3.8, 4) is 17.2 Å². The van der Waals surface area contributed by atoms with E-state index in [9.17, 15) is 9.59 Å². The van der Waals surface area contributed by atoms with Crippen molar-refractivity contribution < 1.29 is 23.8 Å². The van der Waals surface area contributed by atoms with Crippen LogP contribution in [0.5, 0.6) is 17.2 Å². The summed E-state index contributed by atoms with van der Waals surface area (Å²) in [6.45, 7) is 2.16. The lowest BCUT2D eigenvalue weighted by atomic mass is 10.3. The molecule has 7 heteroatoms. The van der Waals surface area contributed by atoms with Crippen LogP contribution in [0.15, 0.2) is 48.5 Å². The average Bonchev–Trinajstić information content (AvgIpc) is 2.67. The van der Waals surface area contributed by atoms with Gasteiger partial charge in [-0.1, -0.05) is 0 Å². The second-order valence-electron chi connectivity index (χ2n) is 5.25. The Bertz CT molecular complexity index is 714. The van der Waals surface area contributed by atoms with Crippen molar-refractivity contribution in [3.05, 3.63) is 48.5 Å². The van der Waals surface area contributed by atoms with Gasteiger partial charge in [-0.25, -0.2) is 0 Å². The molecule has 0 aliphatic rings. The van der Waals surface area contributed by atoms with Gasteiger partial charge in [0.1, 0.15) is 17.2 Å². The van der Waals surface area contributed by atoms with Crippen LogP contribution in [-0.4, -0.2) is 38.7 Å². The van der Waals surface area contributed by atoms with E-state index in [4.69, 9.17) is 14.2 Å². The number of benzene rings is 2. The van der Waals surface area contributed by atoms with Crippen LogP contribution in [0.25, 0.3) is 0 Å². The number of rotatable bonds is 9. The van der Waals surface area contributed by atoms with Crippen molar-refractivity contribution in [1.82, 2.24) is 5.32 Å². The zero-order valence-electron chi connectivity index (χ0n) is 14.8. The summed E-state index contributed by atoms with van der Waals surface area (Å²) < 4.78 is 15.7. The van der Waals surface area contributed by atoms with Crippen LogP contribution < -0.4 is 24.8 Å². The van der Waals surface area contributed by atoms with Crippen LogP contribution in [-0.2, 0) is 9.59 Å². The third-order valence-electron chi connectivity index (χ3n) is 3.32. The second-order valence-corrected chi connectivity index (χ2v) is 5.25. The monoisotopic (exact) mass is 358 g/mol. The molecule has 2 aromatic rings. The fourth-order valence-corrected chi connectivity index (χ4v) is 2.06. The number of hydrogen-bond donors (Lipinski definition) is 2. The number of ether oxygens (including phenoxy) is 3. The van der Waals surface area contributed by atoms with Crippen LogP contribution in [0, 0.1) is 0 Å². The topological polar surface area (TPSA) is 85.9 Å². The summed E-state index contributed by atoms with van der Waals surface area (Å²) >= 11 is 0. The molecule has 2 aromatic carbocycles. The predicted octanol–water partition coefficient (Wildman–Crippen LogP) is 2.23. The summed E-state index contributed by atoms with van der Waals surface area (Å²) in [6.07, 6.45) is 0. The van der Waals surface area contributed by atoms with Gasteiger partial charge >= 0.3 is 0 Å². The van der Waals surface area contributed by atoms with E-state index in [2.05, 4.69) is 10.6 Å². The Morgan fingerprint density at radius 3 is 2.04 bits per heavy atom. The van der Waals surface area contributed by atoms with Crippen molar-refractivity contribution in [1.29, 1.82) is 0 Å². The molecular formula is C19H22N2O5. The van der Waals surface area contributed by atoms with Gasteiger partial charge in [0.15, 0.2) is 6.61 Å². The van der Waals surface area contributed by atoms with Crippen LogP contribution >= 0.6 is 0 Å². The molecule has 0 bridgehead atoms. The van der Waals surface area contributed by atoms with Gasteiger partial charge in [0.2, 0.25) is 5.91 Å². The Morgan fingerprint density at radius 1 is 0.846 bits per heavy atom. The molecule has 0 aliphatic heterocycles. The molecule has 0 heterocycles. The van der Waals surface area contributed by atoms with Gasteiger partial charge in [0.05, 0.1) is 20.3 Å². The number of hydrogen-bond acceptors (Lipinski definition) is 5. The SMILES string of the molecule is CCOc1ccc(NC(=O)CNC(=O)COc2ccc(OC)cc2)cc1. The molecule has 0 unspecified atom stereocenters. The van der Waals surface area contributed by atoms with E-state index in [1.54, 1.807) is 55.6 Å².